The highest BCUT2D eigenvalue weighted by Gasteiger charge is 2.31. The highest BCUT2D eigenvalue weighted by molar-refractivity contribution is 9.10. The molecule has 1 fully saturated rings. The van der Waals surface area contributed by atoms with Gasteiger partial charge in [-0.25, -0.2) is 18.0 Å². The van der Waals surface area contributed by atoms with E-state index < -0.39 is 50.2 Å². The maximum atomic E-state index is 14.1. The van der Waals surface area contributed by atoms with E-state index in [1.165, 1.54) is 4.57 Å². The zero-order valence-electron chi connectivity index (χ0n) is 10.7. The van der Waals surface area contributed by atoms with Crippen molar-refractivity contribution in [2.24, 2.45) is 0 Å². The second kappa shape index (κ2) is 5.01. The first kappa shape index (κ1) is 14.9. The first-order chi connectivity index (χ1) is 10.3. The van der Waals surface area contributed by atoms with Gasteiger partial charge in [-0.2, -0.15) is 0 Å². The molecule has 1 aromatic carbocycles. The predicted molar refractivity (Wildman–Crippen MR) is 72.7 cm³/mol. The zero-order valence-corrected chi connectivity index (χ0v) is 12.3. The first-order valence-electron chi connectivity index (χ1n) is 6.14. The molecule has 0 unspecified atom stereocenters. The molecule has 1 N–H and O–H groups in total. The van der Waals surface area contributed by atoms with Gasteiger partial charge in [-0.3, -0.25) is 4.79 Å². The minimum Gasteiger partial charge on any atom is -0.449 e. The van der Waals surface area contributed by atoms with E-state index in [1.807, 2.05) is 0 Å². The Morgan fingerprint density at radius 2 is 1.91 bits per heavy atom. The van der Waals surface area contributed by atoms with Gasteiger partial charge in [0, 0.05) is 6.04 Å². The fourth-order valence-corrected chi connectivity index (χ4v) is 2.79. The quantitative estimate of drug-likeness (QED) is 0.493. The standard InChI is InChI=1S/C13H7BrF3NO4/c14-7-6-11(10(17)9(16)8(7)15)18(4-1-2-4)3-5(12(6)19)22-13(20)21/h3-4H,1-2H2,(H,20,21). The monoisotopic (exact) mass is 377 g/mol. The van der Waals surface area contributed by atoms with Crippen molar-refractivity contribution in [3.05, 3.63) is 38.3 Å². The van der Waals surface area contributed by atoms with E-state index in [1.54, 1.807) is 0 Å². The van der Waals surface area contributed by atoms with E-state index >= 15 is 0 Å². The molecule has 5 nitrogen and oxygen atoms in total. The lowest BCUT2D eigenvalue weighted by Gasteiger charge is -2.14. The van der Waals surface area contributed by atoms with E-state index in [2.05, 4.69) is 20.7 Å². The molecule has 0 amide bonds. The molecular weight excluding hydrogens is 371 g/mol. The Labute approximate surface area is 129 Å². The van der Waals surface area contributed by atoms with Crippen molar-refractivity contribution in [1.29, 1.82) is 0 Å². The summed E-state index contributed by atoms with van der Waals surface area (Å²) in [4.78, 5) is 22.8. The van der Waals surface area contributed by atoms with E-state index in [0.29, 0.717) is 12.8 Å². The number of carboxylic acid groups (broad SMARTS) is 1. The Bertz CT molecular complexity index is 876. The van der Waals surface area contributed by atoms with Crippen LogP contribution in [0.25, 0.3) is 10.9 Å². The highest BCUT2D eigenvalue weighted by atomic mass is 79.9. The summed E-state index contributed by atoms with van der Waals surface area (Å²) in [5.41, 5.74) is -1.46. The van der Waals surface area contributed by atoms with Crippen LogP contribution in [0.5, 0.6) is 5.75 Å². The Balaban J connectivity index is 2.48. The highest BCUT2D eigenvalue weighted by Crippen LogP contribution is 2.40. The average molecular weight is 378 g/mol. The van der Waals surface area contributed by atoms with Crippen LogP contribution in [0.3, 0.4) is 0 Å². The van der Waals surface area contributed by atoms with E-state index in [9.17, 15) is 22.8 Å². The Hall–Kier alpha value is -2.03. The topological polar surface area (TPSA) is 68.5 Å². The number of aromatic nitrogens is 1. The lowest BCUT2D eigenvalue weighted by Crippen LogP contribution is -2.18. The molecule has 1 heterocycles. The van der Waals surface area contributed by atoms with Gasteiger partial charge in [0.2, 0.25) is 5.43 Å². The van der Waals surface area contributed by atoms with Crippen LogP contribution in [0, 0.1) is 17.5 Å². The Morgan fingerprint density at radius 3 is 2.45 bits per heavy atom. The van der Waals surface area contributed by atoms with Gasteiger partial charge in [-0.05, 0) is 28.8 Å². The van der Waals surface area contributed by atoms with Crippen molar-refractivity contribution in [1.82, 2.24) is 4.57 Å². The maximum absolute atomic E-state index is 14.1. The normalized spacial score (nSPS) is 14.4. The van der Waals surface area contributed by atoms with Crippen LogP contribution >= 0.6 is 15.9 Å². The molecule has 22 heavy (non-hydrogen) atoms. The Kier molecular flexibility index (Phi) is 3.39. The number of pyridine rings is 1. The molecule has 0 bridgehead atoms. The van der Waals surface area contributed by atoms with Crippen molar-refractivity contribution in [3.8, 4) is 5.75 Å². The number of nitrogens with zero attached hydrogens (tertiary/aromatic N) is 1. The molecule has 2 aromatic rings. The third-order valence-corrected chi connectivity index (χ3v) is 4.09. The lowest BCUT2D eigenvalue weighted by atomic mass is 10.1. The molecule has 116 valence electrons. The van der Waals surface area contributed by atoms with Crippen LogP contribution in [-0.2, 0) is 0 Å². The van der Waals surface area contributed by atoms with Gasteiger partial charge < -0.3 is 14.4 Å². The van der Waals surface area contributed by atoms with Gasteiger partial charge in [0.05, 0.1) is 21.6 Å². The number of rotatable bonds is 2. The summed E-state index contributed by atoms with van der Waals surface area (Å²) in [5, 5.41) is 8.14. The fraction of sp³-hybridized carbons (Fsp3) is 0.231. The van der Waals surface area contributed by atoms with Crippen molar-refractivity contribution in [2.45, 2.75) is 18.9 Å². The molecule has 0 radical (unpaired) electrons. The third kappa shape index (κ3) is 2.16. The van der Waals surface area contributed by atoms with Crippen LogP contribution in [0.15, 0.2) is 15.5 Å². The molecule has 1 aliphatic carbocycles. The Morgan fingerprint density at radius 1 is 1.27 bits per heavy atom. The number of halogens is 4. The number of benzene rings is 1. The molecule has 0 saturated heterocycles. The van der Waals surface area contributed by atoms with Crippen LogP contribution in [0.4, 0.5) is 18.0 Å². The van der Waals surface area contributed by atoms with Crippen LogP contribution in [0.2, 0.25) is 0 Å². The van der Waals surface area contributed by atoms with Crippen molar-refractivity contribution in [3.63, 3.8) is 0 Å². The first-order valence-corrected chi connectivity index (χ1v) is 6.93. The predicted octanol–water partition coefficient (Wildman–Crippen LogP) is 3.57. The molecule has 9 heteroatoms. The third-order valence-electron chi connectivity index (χ3n) is 3.35. The van der Waals surface area contributed by atoms with Crippen molar-refractivity contribution >= 4 is 33.0 Å². The second-order valence-electron chi connectivity index (χ2n) is 4.81. The summed E-state index contributed by atoms with van der Waals surface area (Å²) < 4.78 is 46.4. The summed E-state index contributed by atoms with van der Waals surface area (Å²) in [6, 6.07) is -0.231. The smallest absolute Gasteiger partial charge is 0.449 e. The van der Waals surface area contributed by atoms with Gasteiger partial charge in [0.15, 0.2) is 23.2 Å². The molecule has 0 aliphatic heterocycles. The van der Waals surface area contributed by atoms with Crippen molar-refractivity contribution in [2.75, 3.05) is 0 Å². The summed E-state index contributed by atoms with van der Waals surface area (Å²) in [6.07, 6.45) is 0.544. The molecule has 1 aromatic heterocycles. The minimum atomic E-state index is -1.74. The van der Waals surface area contributed by atoms with E-state index in [4.69, 9.17) is 5.11 Å². The molecule has 1 saturated carbocycles. The summed E-state index contributed by atoms with van der Waals surface area (Å²) in [5.74, 6) is -5.36. The molecule has 1 aliphatic rings. The molecule has 3 rings (SSSR count). The molecule has 0 atom stereocenters. The van der Waals surface area contributed by atoms with Gasteiger partial charge in [-0.1, -0.05) is 0 Å². The summed E-state index contributed by atoms with van der Waals surface area (Å²) >= 11 is 2.72. The largest absolute Gasteiger partial charge is 0.511 e. The zero-order chi connectivity index (χ0) is 16.2. The minimum absolute atomic E-state index is 0.231. The summed E-state index contributed by atoms with van der Waals surface area (Å²) in [7, 11) is 0. The van der Waals surface area contributed by atoms with Gasteiger partial charge in [0.25, 0.3) is 0 Å². The van der Waals surface area contributed by atoms with E-state index in [0.717, 1.165) is 6.20 Å². The second-order valence-corrected chi connectivity index (χ2v) is 5.60. The molecule has 0 spiro atoms. The molecular formula is C13H7BrF3NO4. The maximum Gasteiger partial charge on any atom is 0.511 e. The SMILES string of the molecule is O=C(O)Oc1cn(C2CC2)c2c(F)c(F)c(F)c(Br)c2c1=O. The van der Waals surface area contributed by atoms with Crippen molar-refractivity contribution < 1.29 is 27.8 Å². The van der Waals surface area contributed by atoms with Crippen LogP contribution < -0.4 is 10.2 Å². The number of fused-ring (bicyclic) bond motifs is 1. The van der Waals surface area contributed by atoms with E-state index in [-0.39, 0.29) is 6.04 Å². The van der Waals surface area contributed by atoms with Crippen LogP contribution in [0.1, 0.15) is 18.9 Å². The number of ether oxygens (including phenoxy) is 1. The summed E-state index contributed by atoms with van der Waals surface area (Å²) in [6.45, 7) is 0. The lowest BCUT2D eigenvalue weighted by molar-refractivity contribution is 0.143. The number of hydrogen-bond donors (Lipinski definition) is 1. The number of hydrogen-bond acceptors (Lipinski definition) is 3. The fourth-order valence-electron chi connectivity index (χ4n) is 2.25. The average Bonchev–Trinajstić information content (AvgIpc) is 3.28. The van der Waals surface area contributed by atoms with Gasteiger partial charge in [-0.15, -0.1) is 0 Å². The van der Waals surface area contributed by atoms with Crippen LogP contribution in [-0.4, -0.2) is 15.8 Å². The number of carbonyl (C=O) groups is 1. The van der Waals surface area contributed by atoms with Gasteiger partial charge >= 0.3 is 6.16 Å². The van der Waals surface area contributed by atoms with Gasteiger partial charge in [0.1, 0.15) is 0 Å².